The summed E-state index contributed by atoms with van der Waals surface area (Å²) in [4.78, 5) is 4.46. The highest BCUT2D eigenvalue weighted by Gasteiger charge is 2.10. The Morgan fingerprint density at radius 3 is 2.24 bits per heavy atom. The predicted molar refractivity (Wildman–Crippen MR) is 101 cm³/mol. The van der Waals surface area contributed by atoms with Crippen molar-refractivity contribution in [3.63, 3.8) is 0 Å². The van der Waals surface area contributed by atoms with Gasteiger partial charge < -0.3 is 10.6 Å². The van der Waals surface area contributed by atoms with E-state index in [0.717, 1.165) is 5.56 Å². The SMILES string of the molecule is CN=C(NCc1ccc(S(=O)(=O)NC)cc1)NCc1ccccc1C. The minimum Gasteiger partial charge on any atom is -0.352 e. The van der Waals surface area contributed by atoms with Gasteiger partial charge in [0, 0.05) is 20.1 Å². The van der Waals surface area contributed by atoms with E-state index in [0.29, 0.717) is 19.0 Å². The largest absolute Gasteiger partial charge is 0.352 e. The van der Waals surface area contributed by atoms with E-state index in [1.165, 1.54) is 18.2 Å². The average Bonchev–Trinajstić information content (AvgIpc) is 2.63. The van der Waals surface area contributed by atoms with Crippen molar-refractivity contribution in [3.8, 4) is 0 Å². The summed E-state index contributed by atoms with van der Waals surface area (Å²) in [5, 5.41) is 6.50. The van der Waals surface area contributed by atoms with Crippen LogP contribution in [0.3, 0.4) is 0 Å². The van der Waals surface area contributed by atoms with Gasteiger partial charge in [0.1, 0.15) is 0 Å². The first-order valence-corrected chi connectivity index (χ1v) is 9.46. The Labute approximate surface area is 149 Å². The Kier molecular flexibility index (Phi) is 6.55. The second-order valence-electron chi connectivity index (χ2n) is 5.56. The molecule has 0 aliphatic heterocycles. The molecule has 0 fully saturated rings. The fourth-order valence-electron chi connectivity index (χ4n) is 2.30. The van der Waals surface area contributed by atoms with Crippen LogP contribution >= 0.6 is 0 Å². The molecule has 0 atom stereocenters. The molecule has 134 valence electrons. The van der Waals surface area contributed by atoms with Crippen LogP contribution in [-0.4, -0.2) is 28.5 Å². The summed E-state index contributed by atoms with van der Waals surface area (Å²) in [5.74, 6) is 0.690. The summed E-state index contributed by atoms with van der Waals surface area (Å²) < 4.78 is 25.7. The number of sulfonamides is 1. The lowest BCUT2D eigenvalue weighted by atomic mass is 10.1. The first kappa shape index (κ1) is 19.0. The normalized spacial score (nSPS) is 12.0. The molecular weight excluding hydrogens is 336 g/mol. The zero-order valence-corrected chi connectivity index (χ0v) is 15.5. The maximum absolute atomic E-state index is 11.7. The molecule has 25 heavy (non-hydrogen) atoms. The number of hydrogen-bond acceptors (Lipinski definition) is 3. The van der Waals surface area contributed by atoms with Gasteiger partial charge in [-0.25, -0.2) is 13.1 Å². The summed E-state index contributed by atoms with van der Waals surface area (Å²) in [7, 11) is -0.285. The third-order valence-electron chi connectivity index (χ3n) is 3.89. The Balaban J connectivity index is 1.92. The van der Waals surface area contributed by atoms with Gasteiger partial charge in [-0.05, 0) is 42.8 Å². The lowest BCUT2D eigenvalue weighted by Crippen LogP contribution is -2.36. The Hall–Kier alpha value is -2.38. The number of hydrogen-bond donors (Lipinski definition) is 3. The number of benzene rings is 2. The molecule has 2 aromatic carbocycles. The number of aryl methyl sites for hydroxylation is 1. The van der Waals surface area contributed by atoms with E-state index in [-0.39, 0.29) is 4.90 Å². The van der Waals surface area contributed by atoms with Crippen LogP contribution in [-0.2, 0) is 23.1 Å². The maximum Gasteiger partial charge on any atom is 0.240 e. The Bertz CT molecular complexity index is 830. The van der Waals surface area contributed by atoms with Crippen LogP contribution in [0.2, 0.25) is 0 Å². The van der Waals surface area contributed by atoms with Gasteiger partial charge >= 0.3 is 0 Å². The fraction of sp³-hybridized carbons (Fsp3) is 0.278. The van der Waals surface area contributed by atoms with Crippen molar-refractivity contribution in [1.29, 1.82) is 0 Å². The summed E-state index contributed by atoms with van der Waals surface area (Å²) in [6, 6.07) is 14.9. The summed E-state index contributed by atoms with van der Waals surface area (Å²) in [6.07, 6.45) is 0. The van der Waals surface area contributed by atoms with Gasteiger partial charge in [0.25, 0.3) is 0 Å². The average molecular weight is 360 g/mol. The van der Waals surface area contributed by atoms with Crippen LogP contribution in [0.5, 0.6) is 0 Å². The van der Waals surface area contributed by atoms with E-state index < -0.39 is 10.0 Å². The molecule has 0 aliphatic carbocycles. The van der Waals surface area contributed by atoms with Gasteiger partial charge in [-0.3, -0.25) is 4.99 Å². The predicted octanol–water partition coefficient (Wildman–Crippen LogP) is 1.77. The van der Waals surface area contributed by atoms with Crippen molar-refractivity contribution in [1.82, 2.24) is 15.4 Å². The molecule has 0 bridgehead atoms. The molecule has 0 saturated heterocycles. The van der Waals surface area contributed by atoms with Crippen LogP contribution in [0, 0.1) is 6.92 Å². The summed E-state index contributed by atoms with van der Waals surface area (Å²) in [6.45, 7) is 3.31. The van der Waals surface area contributed by atoms with E-state index in [1.807, 2.05) is 12.1 Å². The number of nitrogens with zero attached hydrogens (tertiary/aromatic N) is 1. The van der Waals surface area contributed by atoms with Crippen molar-refractivity contribution in [3.05, 3.63) is 65.2 Å². The molecule has 0 aromatic heterocycles. The molecule has 0 radical (unpaired) electrons. The molecule has 0 heterocycles. The lowest BCUT2D eigenvalue weighted by Gasteiger charge is -2.13. The van der Waals surface area contributed by atoms with Crippen LogP contribution < -0.4 is 15.4 Å². The van der Waals surface area contributed by atoms with Crippen molar-refractivity contribution in [2.45, 2.75) is 24.9 Å². The Morgan fingerprint density at radius 2 is 1.64 bits per heavy atom. The van der Waals surface area contributed by atoms with E-state index in [2.05, 4.69) is 39.4 Å². The topological polar surface area (TPSA) is 82.6 Å². The smallest absolute Gasteiger partial charge is 0.240 e. The second-order valence-corrected chi connectivity index (χ2v) is 7.44. The molecule has 0 saturated carbocycles. The van der Waals surface area contributed by atoms with E-state index in [9.17, 15) is 8.42 Å². The van der Waals surface area contributed by atoms with Crippen LogP contribution in [0.15, 0.2) is 58.4 Å². The third kappa shape index (κ3) is 5.30. The van der Waals surface area contributed by atoms with Crippen LogP contribution in [0.1, 0.15) is 16.7 Å². The van der Waals surface area contributed by atoms with Gasteiger partial charge in [-0.15, -0.1) is 0 Å². The van der Waals surface area contributed by atoms with E-state index >= 15 is 0 Å². The van der Waals surface area contributed by atoms with Crippen molar-refractivity contribution in [2.24, 2.45) is 4.99 Å². The molecule has 2 rings (SSSR count). The minimum absolute atomic E-state index is 0.251. The number of rotatable bonds is 6. The monoisotopic (exact) mass is 360 g/mol. The number of aliphatic imine (C=N–C) groups is 1. The highest BCUT2D eigenvalue weighted by atomic mass is 32.2. The molecule has 7 heteroatoms. The first-order chi connectivity index (χ1) is 12.0. The van der Waals surface area contributed by atoms with Gasteiger partial charge in [0.2, 0.25) is 10.0 Å². The molecule has 6 nitrogen and oxygen atoms in total. The van der Waals surface area contributed by atoms with Crippen LogP contribution in [0.25, 0.3) is 0 Å². The zero-order chi connectivity index (χ0) is 18.3. The summed E-state index contributed by atoms with van der Waals surface area (Å²) >= 11 is 0. The fourth-order valence-corrected chi connectivity index (χ4v) is 3.03. The lowest BCUT2D eigenvalue weighted by molar-refractivity contribution is 0.588. The molecule has 2 aromatic rings. The van der Waals surface area contributed by atoms with Crippen molar-refractivity contribution in [2.75, 3.05) is 14.1 Å². The van der Waals surface area contributed by atoms with Crippen molar-refractivity contribution >= 4 is 16.0 Å². The van der Waals surface area contributed by atoms with Crippen molar-refractivity contribution < 1.29 is 8.42 Å². The molecule has 0 spiro atoms. The van der Waals surface area contributed by atoms with Crippen LogP contribution in [0.4, 0.5) is 0 Å². The molecule has 0 amide bonds. The van der Waals surface area contributed by atoms with E-state index in [4.69, 9.17) is 0 Å². The second kappa shape index (κ2) is 8.64. The standard InChI is InChI=1S/C18H24N4O2S/c1-14-6-4-5-7-16(14)13-22-18(19-2)21-12-15-8-10-17(11-9-15)25(23,24)20-3/h4-11,20H,12-13H2,1-3H3,(H2,19,21,22). The zero-order valence-electron chi connectivity index (χ0n) is 14.7. The highest BCUT2D eigenvalue weighted by Crippen LogP contribution is 2.10. The third-order valence-corrected chi connectivity index (χ3v) is 5.32. The molecule has 3 N–H and O–H groups in total. The quantitative estimate of drug-likeness (QED) is 0.542. The molecule has 0 unspecified atom stereocenters. The van der Waals surface area contributed by atoms with Gasteiger partial charge in [0.05, 0.1) is 4.90 Å². The Morgan fingerprint density at radius 1 is 1.00 bits per heavy atom. The highest BCUT2D eigenvalue weighted by molar-refractivity contribution is 7.89. The minimum atomic E-state index is -3.40. The van der Waals surface area contributed by atoms with Gasteiger partial charge in [-0.2, -0.15) is 0 Å². The summed E-state index contributed by atoms with van der Waals surface area (Å²) in [5.41, 5.74) is 3.41. The molecular formula is C18H24N4O2S. The van der Waals surface area contributed by atoms with Gasteiger partial charge in [0.15, 0.2) is 5.96 Å². The first-order valence-electron chi connectivity index (χ1n) is 7.98. The molecule has 0 aliphatic rings. The maximum atomic E-state index is 11.7. The number of guanidine groups is 1. The number of nitrogens with one attached hydrogen (secondary N) is 3. The van der Waals surface area contributed by atoms with Gasteiger partial charge in [-0.1, -0.05) is 36.4 Å². The van der Waals surface area contributed by atoms with E-state index in [1.54, 1.807) is 31.3 Å².